The van der Waals surface area contributed by atoms with Crippen molar-refractivity contribution in [2.45, 2.75) is 19.1 Å². The van der Waals surface area contributed by atoms with Gasteiger partial charge in [-0.15, -0.1) is 0 Å². The summed E-state index contributed by atoms with van der Waals surface area (Å²) in [7, 11) is 0. The Morgan fingerprint density at radius 2 is 2.17 bits per heavy atom. The van der Waals surface area contributed by atoms with E-state index in [1.165, 1.54) is 11.1 Å². The Morgan fingerprint density at radius 1 is 1.44 bits per heavy atom. The number of nitrogens with one attached hydrogen (secondary N) is 1. The van der Waals surface area contributed by atoms with Gasteiger partial charge in [-0.3, -0.25) is 4.90 Å². The molecule has 0 aromatic heterocycles. The van der Waals surface area contributed by atoms with E-state index in [-0.39, 0.29) is 4.77 Å². The van der Waals surface area contributed by atoms with Crippen molar-refractivity contribution in [3.8, 4) is 0 Å². The number of amides is 1. The van der Waals surface area contributed by atoms with Gasteiger partial charge < -0.3 is 15.2 Å². The van der Waals surface area contributed by atoms with Gasteiger partial charge in [0.2, 0.25) is 0 Å². The molecule has 1 heterocycles. The summed E-state index contributed by atoms with van der Waals surface area (Å²) in [5.41, 5.74) is 2.74. The Hall–Kier alpha value is -0.858. The van der Waals surface area contributed by atoms with Gasteiger partial charge in [0.1, 0.15) is 0 Å². The summed E-state index contributed by atoms with van der Waals surface area (Å²) in [5.74, 6) is 0. The van der Waals surface area contributed by atoms with Crippen molar-refractivity contribution in [1.82, 2.24) is 10.2 Å². The number of aliphatic hydroxyl groups is 1. The molecule has 1 aliphatic rings. The monoisotopic (exact) mass is 260 g/mol. The topological polar surface area (TPSA) is 52.6 Å². The average molecular weight is 260 g/mol. The van der Waals surface area contributed by atoms with E-state index in [0.717, 1.165) is 19.5 Å². The first kappa shape index (κ1) is 13.6. The predicted octanol–water partition coefficient (Wildman–Crippen LogP) is 0.284. The molecule has 4 nitrogen and oxygen atoms in total. The molecule has 1 aromatic carbocycles. The lowest BCUT2D eigenvalue weighted by atomic mass is 10.00. The maximum Gasteiger partial charge on any atom is 0.281 e. The Morgan fingerprint density at radius 3 is 2.89 bits per heavy atom. The standard InChI is InChI=1S/C13H17N2O2.Al/c16-10-14-7-13(17)9-15-6-5-11-3-1-2-4-12(11)8-15;/h1-4,13,17H,5-9H2,(H,14,16);/t13-;/m1./s1. The molecular weight excluding hydrogens is 243 g/mol. The Kier molecular flexibility index (Phi) is 4.79. The highest BCUT2D eigenvalue weighted by Gasteiger charge is 2.18. The third-order valence-electron chi connectivity index (χ3n) is 3.19. The average Bonchev–Trinajstić information content (AvgIpc) is 2.36. The van der Waals surface area contributed by atoms with Gasteiger partial charge in [0.05, 0.1) is 10.9 Å². The van der Waals surface area contributed by atoms with Crippen molar-refractivity contribution in [3.05, 3.63) is 35.4 Å². The molecule has 0 aliphatic carbocycles. The third kappa shape index (κ3) is 3.82. The zero-order valence-corrected chi connectivity index (χ0v) is 11.5. The number of carbonyl (C=O) groups is 1. The van der Waals surface area contributed by atoms with Gasteiger partial charge in [-0.05, 0) is 17.5 Å². The molecule has 1 aliphatic heterocycles. The summed E-state index contributed by atoms with van der Waals surface area (Å²) in [6, 6.07) is 8.42. The molecule has 0 spiro atoms. The van der Waals surface area contributed by atoms with Crippen LogP contribution in [-0.2, 0) is 13.0 Å². The highest BCUT2D eigenvalue weighted by atomic mass is 27.0. The zero-order valence-electron chi connectivity index (χ0n) is 10.3. The van der Waals surface area contributed by atoms with Gasteiger partial charge in [0, 0.05) is 26.2 Å². The van der Waals surface area contributed by atoms with Gasteiger partial charge in [-0.2, -0.15) is 0 Å². The Bertz CT molecular complexity index is 425. The van der Waals surface area contributed by atoms with Crippen molar-refractivity contribution >= 4 is 21.1 Å². The number of nitrogens with zero attached hydrogens (tertiary/aromatic N) is 1. The molecule has 0 saturated carbocycles. The molecular formula is C13H17AlN2O2. The van der Waals surface area contributed by atoms with Crippen LogP contribution in [0.3, 0.4) is 0 Å². The summed E-state index contributed by atoms with van der Waals surface area (Å²) in [4.78, 5) is 13.0. The van der Waals surface area contributed by atoms with E-state index in [4.69, 9.17) is 0 Å². The molecule has 1 atom stereocenters. The van der Waals surface area contributed by atoms with E-state index >= 15 is 0 Å². The van der Waals surface area contributed by atoms with Gasteiger partial charge in [0.15, 0.2) is 0 Å². The van der Waals surface area contributed by atoms with E-state index in [0.29, 0.717) is 13.1 Å². The molecule has 0 bridgehead atoms. The van der Waals surface area contributed by atoms with Crippen LogP contribution in [0.2, 0.25) is 0 Å². The maximum absolute atomic E-state index is 10.7. The fourth-order valence-electron chi connectivity index (χ4n) is 2.29. The number of carbonyl (C=O) groups excluding carboxylic acids is 1. The molecule has 0 unspecified atom stereocenters. The predicted molar refractivity (Wildman–Crippen MR) is 70.6 cm³/mol. The summed E-state index contributed by atoms with van der Waals surface area (Å²) < 4.78 is -0.182. The van der Waals surface area contributed by atoms with E-state index in [9.17, 15) is 9.90 Å². The second-order valence-electron chi connectivity index (χ2n) is 4.65. The lowest BCUT2D eigenvalue weighted by molar-refractivity contribution is 0.106. The second kappa shape index (κ2) is 6.35. The largest absolute Gasteiger partial charge is 0.390 e. The first-order chi connectivity index (χ1) is 8.65. The van der Waals surface area contributed by atoms with E-state index in [1.807, 2.05) is 22.4 Å². The quantitative estimate of drug-likeness (QED) is 0.765. The Balaban J connectivity index is 1.84. The Labute approximate surface area is 115 Å². The van der Waals surface area contributed by atoms with Crippen molar-refractivity contribution in [3.63, 3.8) is 0 Å². The van der Waals surface area contributed by atoms with E-state index in [2.05, 4.69) is 28.4 Å². The normalized spacial score (nSPS) is 16.9. The molecule has 0 saturated heterocycles. The number of benzene rings is 1. The van der Waals surface area contributed by atoms with Crippen LogP contribution < -0.4 is 5.32 Å². The number of fused-ring (bicyclic) bond motifs is 1. The van der Waals surface area contributed by atoms with E-state index < -0.39 is 6.10 Å². The SMILES string of the molecule is O=[C]([Al])NC[C@@H](O)CN1CCc2ccccc2C1. The number of hydrogen-bond donors (Lipinski definition) is 2. The molecule has 94 valence electrons. The van der Waals surface area contributed by atoms with Crippen molar-refractivity contribution in [2.24, 2.45) is 0 Å². The van der Waals surface area contributed by atoms with Gasteiger partial charge in [-0.25, -0.2) is 0 Å². The summed E-state index contributed by atoms with van der Waals surface area (Å²) in [6.07, 6.45) is 0.513. The van der Waals surface area contributed by atoms with Gasteiger partial charge in [-0.1, -0.05) is 24.3 Å². The first-order valence-corrected chi connectivity index (χ1v) is 6.73. The van der Waals surface area contributed by atoms with Crippen LogP contribution in [0, 0.1) is 0 Å². The summed E-state index contributed by atoms with van der Waals surface area (Å²) in [5, 5.41) is 12.4. The fraction of sp³-hybridized carbons (Fsp3) is 0.462. The van der Waals surface area contributed by atoms with Crippen LogP contribution >= 0.6 is 0 Å². The number of hydrogen-bond acceptors (Lipinski definition) is 3. The molecule has 1 aromatic rings. The van der Waals surface area contributed by atoms with Crippen LogP contribution in [0.15, 0.2) is 24.3 Å². The van der Waals surface area contributed by atoms with Crippen LogP contribution in [0.1, 0.15) is 11.1 Å². The smallest absolute Gasteiger partial charge is 0.281 e. The molecule has 18 heavy (non-hydrogen) atoms. The summed E-state index contributed by atoms with van der Waals surface area (Å²) >= 11 is 2.05. The molecule has 0 fully saturated rings. The minimum Gasteiger partial charge on any atom is -0.390 e. The number of rotatable bonds is 4. The minimum absolute atomic E-state index is 0.182. The highest BCUT2D eigenvalue weighted by molar-refractivity contribution is 6.57. The third-order valence-corrected chi connectivity index (χ3v) is 3.39. The fourth-order valence-corrected chi connectivity index (χ4v) is 2.41. The minimum atomic E-state index is -0.514. The summed E-state index contributed by atoms with van der Waals surface area (Å²) in [6.45, 7) is 2.74. The number of aliphatic hydroxyl groups excluding tert-OH is 1. The van der Waals surface area contributed by atoms with Crippen LogP contribution in [0.5, 0.6) is 0 Å². The zero-order chi connectivity index (χ0) is 13.0. The lowest BCUT2D eigenvalue weighted by Gasteiger charge is -2.30. The van der Waals surface area contributed by atoms with Crippen molar-refractivity contribution in [1.29, 1.82) is 0 Å². The van der Waals surface area contributed by atoms with E-state index in [1.54, 1.807) is 0 Å². The van der Waals surface area contributed by atoms with Crippen LogP contribution in [-0.4, -0.2) is 56.8 Å². The van der Waals surface area contributed by atoms with Gasteiger partial charge in [0.25, 0.3) is 16.3 Å². The number of β-amino-alcohol motifs (C(OH)–C–C–N with tert-alkyl or cyclic N) is 1. The van der Waals surface area contributed by atoms with Gasteiger partial charge >= 0.3 is 0 Å². The second-order valence-corrected chi connectivity index (χ2v) is 5.18. The maximum atomic E-state index is 10.7. The first-order valence-electron chi connectivity index (χ1n) is 6.15. The van der Waals surface area contributed by atoms with Crippen molar-refractivity contribution in [2.75, 3.05) is 19.6 Å². The molecule has 2 rings (SSSR count). The van der Waals surface area contributed by atoms with Crippen LogP contribution in [0.4, 0.5) is 4.79 Å². The lowest BCUT2D eigenvalue weighted by Crippen LogP contribution is -2.41. The van der Waals surface area contributed by atoms with Crippen LogP contribution in [0.25, 0.3) is 0 Å². The highest BCUT2D eigenvalue weighted by Crippen LogP contribution is 2.18. The molecule has 5 heteroatoms. The van der Waals surface area contributed by atoms with Crippen molar-refractivity contribution < 1.29 is 9.90 Å². The molecule has 2 radical (unpaired) electrons. The molecule has 1 amide bonds. The molecule has 2 N–H and O–H groups in total.